The first kappa shape index (κ1) is 27.5. The smallest absolute Gasteiger partial charge is 0.116 e. The molecule has 0 amide bonds. The SMILES string of the molecule is C.C=C(C/C=C\N)/C(=C/CCC1=CC(OCc2ccccc2)=CC1)C(C)CN.CC. The van der Waals surface area contributed by atoms with Crippen LogP contribution in [0.2, 0.25) is 0 Å². The Kier molecular flexibility index (Phi) is 14.9. The minimum Gasteiger partial charge on any atom is -0.489 e. The number of nitrogens with two attached hydrogens (primary N) is 2. The zero-order valence-corrected chi connectivity index (χ0v) is 18.4. The highest BCUT2D eigenvalue weighted by atomic mass is 16.5. The second-order valence-electron chi connectivity index (χ2n) is 6.96. The summed E-state index contributed by atoms with van der Waals surface area (Å²) >= 11 is 0. The van der Waals surface area contributed by atoms with E-state index in [1.807, 2.05) is 38.1 Å². The van der Waals surface area contributed by atoms with Crippen molar-refractivity contribution in [2.45, 2.75) is 60.5 Å². The lowest BCUT2D eigenvalue weighted by Crippen LogP contribution is -2.14. The Hall–Kier alpha value is -2.52. The van der Waals surface area contributed by atoms with Gasteiger partial charge in [-0.2, -0.15) is 0 Å². The molecule has 1 unspecified atom stereocenters. The Morgan fingerprint density at radius 3 is 2.57 bits per heavy atom. The van der Waals surface area contributed by atoms with E-state index in [9.17, 15) is 0 Å². The van der Waals surface area contributed by atoms with Crippen molar-refractivity contribution in [3.8, 4) is 0 Å². The van der Waals surface area contributed by atoms with Gasteiger partial charge in [0.15, 0.2) is 0 Å². The summed E-state index contributed by atoms with van der Waals surface area (Å²) in [7, 11) is 0. The zero-order valence-electron chi connectivity index (χ0n) is 18.4. The molecule has 0 heterocycles. The van der Waals surface area contributed by atoms with E-state index < -0.39 is 0 Å². The van der Waals surface area contributed by atoms with Crippen molar-refractivity contribution in [2.24, 2.45) is 17.4 Å². The van der Waals surface area contributed by atoms with Gasteiger partial charge in [0.05, 0.1) is 0 Å². The monoisotopic (exact) mass is 410 g/mol. The molecule has 0 radical (unpaired) electrons. The van der Waals surface area contributed by atoms with Gasteiger partial charge < -0.3 is 16.2 Å². The van der Waals surface area contributed by atoms with Crippen molar-refractivity contribution in [1.82, 2.24) is 0 Å². The minimum atomic E-state index is 0. The standard InChI is InChI=1S/C24H32N2O.C2H6.CH4/c1-19(8-7-15-25)24(20(2)17-26)12-6-11-21-13-14-23(16-21)27-18-22-9-4-3-5-10-22;1-2;/h3-5,7,9-10,12,14-16,20H,1,6,8,11,13,17-18,25-26H2,2H3;1-2H3;1H4/b15-7-,24-12-;;. The summed E-state index contributed by atoms with van der Waals surface area (Å²) in [5.41, 5.74) is 16.3. The van der Waals surface area contributed by atoms with Crippen LogP contribution in [0.5, 0.6) is 0 Å². The molecule has 1 aromatic carbocycles. The molecule has 30 heavy (non-hydrogen) atoms. The Morgan fingerprint density at radius 2 is 1.93 bits per heavy atom. The number of ether oxygens (including phenoxy) is 1. The van der Waals surface area contributed by atoms with Crippen LogP contribution in [-0.4, -0.2) is 6.54 Å². The lowest BCUT2D eigenvalue weighted by Gasteiger charge is -2.16. The van der Waals surface area contributed by atoms with Crippen LogP contribution in [0.15, 0.2) is 89.9 Å². The topological polar surface area (TPSA) is 61.3 Å². The van der Waals surface area contributed by atoms with Crippen LogP contribution in [0.25, 0.3) is 0 Å². The second kappa shape index (κ2) is 16.3. The third kappa shape index (κ3) is 9.80. The first-order valence-corrected chi connectivity index (χ1v) is 10.6. The molecule has 4 N–H and O–H groups in total. The number of allylic oxidation sites excluding steroid dienone is 6. The fourth-order valence-corrected chi connectivity index (χ4v) is 3.13. The summed E-state index contributed by atoms with van der Waals surface area (Å²) in [4.78, 5) is 0. The van der Waals surface area contributed by atoms with Crippen LogP contribution >= 0.6 is 0 Å². The maximum Gasteiger partial charge on any atom is 0.116 e. The molecular formula is C27H42N2O. The van der Waals surface area contributed by atoms with Crippen LogP contribution in [0.3, 0.4) is 0 Å². The lowest BCUT2D eigenvalue weighted by molar-refractivity contribution is 0.211. The van der Waals surface area contributed by atoms with Gasteiger partial charge in [-0.3, -0.25) is 0 Å². The Labute approximate surface area is 184 Å². The third-order valence-electron chi connectivity index (χ3n) is 4.78. The van der Waals surface area contributed by atoms with Crippen molar-refractivity contribution < 1.29 is 4.74 Å². The molecule has 0 aliphatic heterocycles. The van der Waals surface area contributed by atoms with Gasteiger partial charge in [0, 0.05) is 0 Å². The molecular weight excluding hydrogens is 368 g/mol. The van der Waals surface area contributed by atoms with Gasteiger partial charge in [-0.05, 0) is 73.2 Å². The predicted octanol–water partition coefficient (Wildman–Crippen LogP) is 6.80. The molecule has 1 aliphatic carbocycles. The average Bonchev–Trinajstić information content (AvgIpc) is 3.23. The summed E-state index contributed by atoms with van der Waals surface area (Å²) in [5.74, 6) is 1.29. The summed E-state index contributed by atoms with van der Waals surface area (Å²) in [6.07, 6.45) is 13.9. The number of benzene rings is 1. The van der Waals surface area contributed by atoms with Crippen molar-refractivity contribution in [3.63, 3.8) is 0 Å². The van der Waals surface area contributed by atoms with E-state index in [4.69, 9.17) is 16.2 Å². The Balaban J connectivity index is 0.00000272. The molecule has 2 rings (SSSR count). The van der Waals surface area contributed by atoms with E-state index in [1.54, 1.807) is 6.20 Å². The molecule has 0 bridgehead atoms. The highest BCUT2D eigenvalue weighted by Crippen LogP contribution is 2.26. The number of hydrogen-bond donors (Lipinski definition) is 2. The summed E-state index contributed by atoms with van der Waals surface area (Å²) < 4.78 is 5.90. The summed E-state index contributed by atoms with van der Waals surface area (Å²) in [5, 5.41) is 0. The van der Waals surface area contributed by atoms with E-state index in [0.717, 1.165) is 37.0 Å². The maximum atomic E-state index is 5.90. The molecule has 3 heteroatoms. The van der Waals surface area contributed by atoms with Crippen molar-refractivity contribution in [2.75, 3.05) is 6.54 Å². The molecule has 0 spiro atoms. The summed E-state index contributed by atoms with van der Waals surface area (Å²) in [6, 6.07) is 10.2. The van der Waals surface area contributed by atoms with Crippen molar-refractivity contribution >= 4 is 0 Å². The van der Waals surface area contributed by atoms with E-state index in [2.05, 4.69) is 43.9 Å². The second-order valence-corrected chi connectivity index (χ2v) is 6.96. The highest BCUT2D eigenvalue weighted by Gasteiger charge is 2.11. The van der Waals surface area contributed by atoms with Crippen LogP contribution in [-0.2, 0) is 11.3 Å². The van der Waals surface area contributed by atoms with Crippen LogP contribution in [0, 0.1) is 5.92 Å². The minimum absolute atomic E-state index is 0. The van der Waals surface area contributed by atoms with Gasteiger partial charge in [-0.1, -0.05) is 82.8 Å². The number of rotatable bonds is 11. The van der Waals surface area contributed by atoms with E-state index >= 15 is 0 Å². The van der Waals surface area contributed by atoms with E-state index in [-0.39, 0.29) is 7.43 Å². The van der Waals surface area contributed by atoms with Gasteiger partial charge in [0.1, 0.15) is 12.4 Å². The highest BCUT2D eigenvalue weighted by molar-refractivity contribution is 5.33. The van der Waals surface area contributed by atoms with Crippen LogP contribution < -0.4 is 11.5 Å². The Bertz CT molecular complexity index is 726. The molecule has 1 atom stereocenters. The van der Waals surface area contributed by atoms with Crippen LogP contribution in [0.4, 0.5) is 0 Å². The fraction of sp³-hybridized carbons (Fsp3) is 0.407. The van der Waals surface area contributed by atoms with Crippen molar-refractivity contribution in [3.05, 3.63) is 95.5 Å². The largest absolute Gasteiger partial charge is 0.489 e. The quantitative estimate of drug-likeness (QED) is 0.394. The lowest BCUT2D eigenvalue weighted by atomic mass is 9.91. The molecule has 0 aromatic heterocycles. The molecule has 166 valence electrons. The molecule has 1 aliphatic rings. The Morgan fingerprint density at radius 1 is 1.23 bits per heavy atom. The van der Waals surface area contributed by atoms with Gasteiger partial charge >= 0.3 is 0 Å². The molecule has 0 saturated carbocycles. The van der Waals surface area contributed by atoms with Gasteiger partial charge in [-0.15, -0.1) is 0 Å². The average molecular weight is 411 g/mol. The van der Waals surface area contributed by atoms with Crippen LogP contribution in [0.1, 0.15) is 59.4 Å². The predicted molar refractivity (Wildman–Crippen MR) is 133 cm³/mol. The first-order valence-electron chi connectivity index (χ1n) is 10.6. The number of hydrogen-bond acceptors (Lipinski definition) is 3. The molecule has 0 saturated heterocycles. The van der Waals surface area contributed by atoms with E-state index in [1.165, 1.54) is 16.7 Å². The van der Waals surface area contributed by atoms with E-state index in [0.29, 0.717) is 19.1 Å². The van der Waals surface area contributed by atoms with Gasteiger partial charge in [0.25, 0.3) is 0 Å². The fourth-order valence-electron chi connectivity index (χ4n) is 3.13. The molecule has 3 nitrogen and oxygen atoms in total. The van der Waals surface area contributed by atoms with Crippen molar-refractivity contribution in [1.29, 1.82) is 0 Å². The first-order chi connectivity index (χ1) is 14.1. The third-order valence-corrected chi connectivity index (χ3v) is 4.78. The molecule has 0 fully saturated rings. The van der Waals surface area contributed by atoms with Gasteiger partial charge in [0.2, 0.25) is 0 Å². The zero-order chi connectivity index (χ0) is 21.5. The maximum absolute atomic E-state index is 5.90. The summed E-state index contributed by atoms with van der Waals surface area (Å²) in [6.45, 7) is 11.6. The molecule has 1 aromatic rings. The van der Waals surface area contributed by atoms with Gasteiger partial charge in [-0.25, -0.2) is 0 Å². The normalized spacial score (nSPS) is 14.2.